The van der Waals surface area contributed by atoms with E-state index in [0.717, 1.165) is 0 Å². The molecule has 2 aromatic rings. The van der Waals surface area contributed by atoms with Crippen LogP contribution in [0.15, 0.2) is 48.5 Å². The Hall–Kier alpha value is -2.36. The molecule has 1 amide bonds. The van der Waals surface area contributed by atoms with Gasteiger partial charge in [0.05, 0.1) is 5.69 Å². The van der Waals surface area contributed by atoms with Crippen molar-refractivity contribution < 1.29 is 13.9 Å². The lowest BCUT2D eigenvalue weighted by atomic mass is 9.87. The summed E-state index contributed by atoms with van der Waals surface area (Å²) in [6.07, 6.45) is 0. The molecule has 4 heteroatoms. The number of amides is 1. The van der Waals surface area contributed by atoms with Gasteiger partial charge in [-0.2, -0.15) is 0 Å². The van der Waals surface area contributed by atoms with Gasteiger partial charge in [-0.05, 0) is 49.1 Å². The van der Waals surface area contributed by atoms with Crippen LogP contribution in [0.3, 0.4) is 0 Å². The SMILES string of the molecule is CC(C)(Oc1ccc(C(C)(C)C)cc1)C(=O)Nc1ccccc1F. The molecule has 0 spiro atoms. The Morgan fingerprint density at radius 2 is 1.54 bits per heavy atom. The Balaban J connectivity index is 2.10. The summed E-state index contributed by atoms with van der Waals surface area (Å²) >= 11 is 0. The standard InChI is InChI=1S/C20H24FNO2/c1-19(2,3)14-10-12-15(13-11-14)24-20(4,5)18(23)22-17-9-7-6-8-16(17)21/h6-13H,1-5H3,(H,22,23). The van der Waals surface area contributed by atoms with E-state index >= 15 is 0 Å². The molecule has 0 aromatic heterocycles. The number of rotatable bonds is 4. The average molecular weight is 329 g/mol. The summed E-state index contributed by atoms with van der Waals surface area (Å²) in [6, 6.07) is 13.7. The predicted octanol–water partition coefficient (Wildman–Crippen LogP) is 4.92. The Labute approximate surface area is 142 Å². The number of carbonyl (C=O) groups is 1. The van der Waals surface area contributed by atoms with Gasteiger partial charge in [0.2, 0.25) is 0 Å². The highest BCUT2D eigenvalue weighted by Gasteiger charge is 2.30. The van der Waals surface area contributed by atoms with E-state index in [-0.39, 0.29) is 11.1 Å². The van der Waals surface area contributed by atoms with Gasteiger partial charge < -0.3 is 10.1 Å². The van der Waals surface area contributed by atoms with Crippen molar-refractivity contribution in [3.8, 4) is 5.75 Å². The summed E-state index contributed by atoms with van der Waals surface area (Å²) in [7, 11) is 0. The lowest BCUT2D eigenvalue weighted by molar-refractivity contribution is -0.128. The number of halogens is 1. The number of para-hydroxylation sites is 1. The Kier molecular flexibility index (Phi) is 4.97. The van der Waals surface area contributed by atoms with Crippen LogP contribution < -0.4 is 10.1 Å². The maximum absolute atomic E-state index is 13.7. The highest BCUT2D eigenvalue weighted by molar-refractivity contribution is 5.97. The highest BCUT2D eigenvalue weighted by atomic mass is 19.1. The lowest BCUT2D eigenvalue weighted by Crippen LogP contribution is -2.42. The Morgan fingerprint density at radius 1 is 0.958 bits per heavy atom. The van der Waals surface area contributed by atoms with Crippen LogP contribution in [0.4, 0.5) is 10.1 Å². The molecule has 1 N–H and O–H groups in total. The third kappa shape index (κ3) is 4.34. The van der Waals surface area contributed by atoms with E-state index in [1.165, 1.54) is 17.7 Å². The highest BCUT2D eigenvalue weighted by Crippen LogP contribution is 2.26. The van der Waals surface area contributed by atoms with Gasteiger partial charge in [0, 0.05) is 0 Å². The summed E-state index contributed by atoms with van der Waals surface area (Å²) in [5.41, 5.74) is 0.243. The second kappa shape index (κ2) is 6.63. The maximum Gasteiger partial charge on any atom is 0.268 e. The van der Waals surface area contributed by atoms with Crippen LogP contribution in [-0.2, 0) is 10.2 Å². The molecule has 0 heterocycles. The fraction of sp³-hybridized carbons (Fsp3) is 0.350. The van der Waals surface area contributed by atoms with Gasteiger partial charge in [0.1, 0.15) is 11.6 Å². The first-order chi connectivity index (χ1) is 11.1. The quantitative estimate of drug-likeness (QED) is 0.864. The first-order valence-corrected chi connectivity index (χ1v) is 7.95. The Morgan fingerprint density at radius 3 is 2.08 bits per heavy atom. The molecule has 128 valence electrons. The number of carbonyl (C=O) groups excluding carboxylic acids is 1. The number of anilines is 1. The largest absolute Gasteiger partial charge is 0.478 e. The molecule has 0 radical (unpaired) electrons. The summed E-state index contributed by atoms with van der Waals surface area (Å²) in [4.78, 5) is 12.4. The Bertz CT molecular complexity index is 715. The second-order valence-corrected chi connectivity index (χ2v) is 7.32. The van der Waals surface area contributed by atoms with E-state index in [1.807, 2.05) is 24.3 Å². The van der Waals surface area contributed by atoms with Crippen molar-refractivity contribution >= 4 is 11.6 Å². The summed E-state index contributed by atoms with van der Waals surface area (Å²) < 4.78 is 19.5. The first kappa shape index (κ1) is 18.0. The van der Waals surface area contributed by atoms with Crippen molar-refractivity contribution in [1.29, 1.82) is 0 Å². The van der Waals surface area contributed by atoms with Gasteiger partial charge in [-0.3, -0.25) is 4.79 Å². The minimum atomic E-state index is -1.13. The molecule has 0 saturated heterocycles. The molecule has 0 saturated carbocycles. The molecule has 0 unspecified atom stereocenters. The van der Waals surface area contributed by atoms with E-state index in [0.29, 0.717) is 5.75 Å². The fourth-order valence-electron chi connectivity index (χ4n) is 2.20. The van der Waals surface area contributed by atoms with Crippen LogP contribution in [0, 0.1) is 5.82 Å². The van der Waals surface area contributed by atoms with Crippen molar-refractivity contribution in [3.05, 3.63) is 59.9 Å². The molecule has 0 aliphatic carbocycles. The zero-order valence-electron chi connectivity index (χ0n) is 14.8. The van der Waals surface area contributed by atoms with E-state index in [9.17, 15) is 9.18 Å². The van der Waals surface area contributed by atoms with E-state index < -0.39 is 17.3 Å². The summed E-state index contributed by atoms with van der Waals surface area (Å²) in [6.45, 7) is 9.71. The molecular weight excluding hydrogens is 305 g/mol. The van der Waals surface area contributed by atoms with Gasteiger partial charge in [0.25, 0.3) is 5.91 Å². The maximum atomic E-state index is 13.7. The summed E-state index contributed by atoms with van der Waals surface area (Å²) in [5.74, 6) is -0.291. The zero-order chi connectivity index (χ0) is 18.0. The zero-order valence-corrected chi connectivity index (χ0v) is 14.8. The average Bonchev–Trinajstić information content (AvgIpc) is 2.48. The third-order valence-electron chi connectivity index (χ3n) is 3.76. The molecule has 2 rings (SSSR count). The van der Waals surface area contributed by atoms with Crippen molar-refractivity contribution in [2.75, 3.05) is 5.32 Å². The van der Waals surface area contributed by atoms with Crippen LogP contribution in [0.5, 0.6) is 5.75 Å². The first-order valence-electron chi connectivity index (χ1n) is 7.95. The van der Waals surface area contributed by atoms with Gasteiger partial charge >= 0.3 is 0 Å². The van der Waals surface area contributed by atoms with Crippen LogP contribution in [0.1, 0.15) is 40.2 Å². The number of nitrogens with one attached hydrogen (secondary N) is 1. The number of ether oxygens (including phenoxy) is 1. The minimum Gasteiger partial charge on any atom is -0.478 e. The molecule has 0 fully saturated rings. The molecule has 0 atom stereocenters. The van der Waals surface area contributed by atoms with Crippen LogP contribution in [0.2, 0.25) is 0 Å². The molecule has 3 nitrogen and oxygen atoms in total. The van der Waals surface area contributed by atoms with Gasteiger partial charge in [-0.15, -0.1) is 0 Å². The van der Waals surface area contributed by atoms with Crippen molar-refractivity contribution in [2.24, 2.45) is 0 Å². The molecular formula is C20H24FNO2. The summed E-state index contributed by atoms with van der Waals surface area (Å²) in [5, 5.41) is 2.57. The van der Waals surface area contributed by atoms with Gasteiger partial charge in [-0.1, -0.05) is 45.0 Å². The van der Waals surface area contributed by atoms with Crippen molar-refractivity contribution in [2.45, 2.75) is 45.6 Å². The van der Waals surface area contributed by atoms with Crippen LogP contribution in [0.25, 0.3) is 0 Å². The van der Waals surface area contributed by atoms with E-state index in [1.54, 1.807) is 26.0 Å². The van der Waals surface area contributed by atoms with Crippen LogP contribution in [-0.4, -0.2) is 11.5 Å². The van der Waals surface area contributed by atoms with E-state index in [2.05, 4.69) is 26.1 Å². The van der Waals surface area contributed by atoms with E-state index in [4.69, 9.17) is 4.74 Å². The second-order valence-electron chi connectivity index (χ2n) is 7.32. The van der Waals surface area contributed by atoms with Gasteiger partial charge in [0.15, 0.2) is 5.60 Å². The number of benzene rings is 2. The lowest BCUT2D eigenvalue weighted by Gasteiger charge is -2.26. The third-order valence-corrected chi connectivity index (χ3v) is 3.76. The minimum absolute atomic E-state index is 0.0518. The van der Waals surface area contributed by atoms with Crippen LogP contribution >= 0.6 is 0 Å². The fourth-order valence-corrected chi connectivity index (χ4v) is 2.20. The molecule has 0 aliphatic heterocycles. The van der Waals surface area contributed by atoms with Crippen molar-refractivity contribution in [1.82, 2.24) is 0 Å². The molecule has 2 aromatic carbocycles. The van der Waals surface area contributed by atoms with Crippen molar-refractivity contribution in [3.63, 3.8) is 0 Å². The monoisotopic (exact) mass is 329 g/mol. The molecule has 24 heavy (non-hydrogen) atoms. The topological polar surface area (TPSA) is 38.3 Å². The predicted molar refractivity (Wildman–Crippen MR) is 94.9 cm³/mol. The molecule has 0 bridgehead atoms. The molecule has 0 aliphatic rings. The smallest absolute Gasteiger partial charge is 0.268 e. The number of hydrogen-bond donors (Lipinski definition) is 1. The van der Waals surface area contributed by atoms with Gasteiger partial charge in [-0.25, -0.2) is 4.39 Å². The number of hydrogen-bond acceptors (Lipinski definition) is 2. The normalized spacial score (nSPS) is 11.9.